The van der Waals surface area contributed by atoms with Crippen LogP contribution in [0.25, 0.3) is 65.4 Å². The SMILES string of the molecule is Cc1ccc(N(c2ccc(C)cc2)c2ccc3cc4c(cc3c2)oc2c4ccc3c4cc5ccc(N(c6ccc(C)cc6)c6ccc(C)cc6)cc5cc4oc32)cc1. The van der Waals surface area contributed by atoms with Crippen molar-refractivity contribution < 1.29 is 8.83 Å². The molecule has 0 N–H and O–H groups in total. The molecule has 0 aliphatic carbocycles. The minimum Gasteiger partial charge on any atom is -0.452 e. The predicted octanol–water partition coefficient (Wildman–Crippen LogP) is 16.0. The third kappa shape index (κ3) is 5.68. The maximum atomic E-state index is 6.75. The quantitative estimate of drug-likeness (QED) is 0.170. The lowest BCUT2D eigenvalue weighted by molar-refractivity contribution is 0.634. The summed E-state index contributed by atoms with van der Waals surface area (Å²) in [6.45, 7) is 8.50. The van der Waals surface area contributed by atoms with Crippen LogP contribution in [0.3, 0.4) is 0 Å². The number of anilines is 6. The molecule has 0 amide bonds. The molecule has 0 bridgehead atoms. The van der Waals surface area contributed by atoms with Crippen molar-refractivity contribution in [3.63, 3.8) is 0 Å². The van der Waals surface area contributed by atoms with Crippen LogP contribution in [-0.4, -0.2) is 0 Å². The molecular weight excluding hydrogens is 709 g/mol. The molecule has 0 unspecified atom stereocenters. The third-order valence-corrected chi connectivity index (χ3v) is 11.6. The maximum absolute atomic E-state index is 6.75. The van der Waals surface area contributed by atoms with Crippen LogP contribution in [0.2, 0.25) is 0 Å². The molecule has 0 saturated carbocycles. The first kappa shape index (κ1) is 34.0. The molecule has 2 heterocycles. The number of hydrogen-bond acceptors (Lipinski definition) is 4. The molecule has 11 aromatic rings. The van der Waals surface area contributed by atoms with E-state index in [4.69, 9.17) is 8.83 Å². The fourth-order valence-electron chi connectivity index (χ4n) is 8.48. The van der Waals surface area contributed by atoms with Crippen molar-refractivity contribution >= 4 is 99.5 Å². The summed E-state index contributed by atoms with van der Waals surface area (Å²) in [7, 11) is 0. The van der Waals surface area contributed by atoms with Crippen LogP contribution in [0.15, 0.2) is 179 Å². The van der Waals surface area contributed by atoms with Gasteiger partial charge < -0.3 is 18.6 Å². The predicted molar refractivity (Wildman–Crippen MR) is 244 cm³/mol. The van der Waals surface area contributed by atoms with Crippen molar-refractivity contribution in [2.45, 2.75) is 27.7 Å². The van der Waals surface area contributed by atoms with Crippen molar-refractivity contribution in [2.75, 3.05) is 9.80 Å². The van der Waals surface area contributed by atoms with Crippen molar-refractivity contribution in [1.82, 2.24) is 0 Å². The van der Waals surface area contributed by atoms with Crippen LogP contribution in [-0.2, 0) is 0 Å². The van der Waals surface area contributed by atoms with Crippen molar-refractivity contribution in [2.24, 2.45) is 0 Å². The van der Waals surface area contributed by atoms with Crippen molar-refractivity contribution in [1.29, 1.82) is 0 Å². The highest BCUT2D eigenvalue weighted by Gasteiger charge is 2.20. The molecular formula is C54H40N2O2. The summed E-state index contributed by atoms with van der Waals surface area (Å²) >= 11 is 0. The Balaban J connectivity index is 1.02. The Bertz CT molecular complexity index is 3040. The van der Waals surface area contributed by atoms with Gasteiger partial charge in [-0.2, -0.15) is 0 Å². The summed E-state index contributed by atoms with van der Waals surface area (Å²) in [5, 5.41) is 8.79. The largest absolute Gasteiger partial charge is 0.452 e. The van der Waals surface area contributed by atoms with E-state index in [0.717, 1.165) is 99.5 Å². The van der Waals surface area contributed by atoms with E-state index >= 15 is 0 Å². The van der Waals surface area contributed by atoms with Gasteiger partial charge in [-0.3, -0.25) is 0 Å². The van der Waals surface area contributed by atoms with Crippen LogP contribution >= 0.6 is 0 Å². The van der Waals surface area contributed by atoms with E-state index in [1.807, 2.05) is 0 Å². The molecule has 0 aliphatic rings. The van der Waals surface area contributed by atoms with E-state index < -0.39 is 0 Å². The van der Waals surface area contributed by atoms with Gasteiger partial charge in [0.15, 0.2) is 11.2 Å². The number of rotatable bonds is 6. The zero-order valence-electron chi connectivity index (χ0n) is 32.9. The Labute approximate surface area is 336 Å². The van der Waals surface area contributed by atoms with Gasteiger partial charge in [-0.1, -0.05) is 82.9 Å². The highest BCUT2D eigenvalue weighted by Crippen LogP contribution is 2.43. The van der Waals surface area contributed by atoms with Gasteiger partial charge in [-0.25, -0.2) is 0 Å². The average Bonchev–Trinajstić information content (AvgIpc) is 3.79. The van der Waals surface area contributed by atoms with Gasteiger partial charge in [0.25, 0.3) is 0 Å². The van der Waals surface area contributed by atoms with E-state index in [1.54, 1.807) is 0 Å². The van der Waals surface area contributed by atoms with Crippen LogP contribution < -0.4 is 9.80 Å². The summed E-state index contributed by atoms with van der Waals surface area (Å²) in [6.07, 6.45) is 0. The number of benzene rings is 9. The molecule has 0 fully saturated rings. The molecule has 0 atom stereocenters. The first-order chi connectivity index (χ1) is 28.3. The summed E-state index contributed by atoms with van der Waals surface area (Å²) < 4.78 is 13.5. The topological polar surface area (TPSA) is 32.8 Å². The number of furan rings is 2. The highest BCUT2D eigenvalue weighted by molar-refractivity contribution is 6.21. The fraction of sp³-hybridized carbons (Fsp3) is 0.0741. The summed E-state index contributed by atoms with van der Waals surface area (Å²) in [5.74, 6) is 0. The molecule has 9 aromatic carbocycles. The van der Waals surface area contributed by atoms with E-state index in [1.165, 1.54) is 22.3 Å². The van der Waals surface area contributed by atoms with Gasteiger partial charge in [0.1, 0.15) is 11.2 Å². The molecule has 0 spiro atoms. The fourth-order valence-corrected chi connectivity index (χ4v) is 8.48. The van der Waals surface area contributed by atoms with Gasteiger partial charge in [0.05, 0.1) is 0 Å². The molecule has 0 radical (unpaired) electrons. The van der Waals surface area contributed by atoms with Crippen LogP contribution in [0.4, 0.5) is 34.1 Å². The molecule has 58 heavy (non-hydrogen) atoms. The first-order valence-corrected chi connectivity index (χ1v) is 19.9. The third-order valence-electron chi connectivity index (χ3n) is 11.6. The minimum absolute atomic E-state index is 0.773. The summed E-state index contributed by atoms with van der Waals surface area (Å²) in [4.78, 5) is 4.63. The van der Waals surface area contributed by atoms with Crippen LogP contribution in [0, 0.1) is 27.7 Å². The van der Waals surface area contributed by atoms with Crippen molar-refractivity contribution in [3.8, 4) is 0 Å². The lowest BCUT2D eigenvalue weighted by Gasteiger charge is -2.26. The van der Waals surface area contributed by atoms with E-state index in [2.05, 4.69) is 207 Å². The lowest BCUT2D eigenvalue weighted by atomic mass is 10.0. The average molecular weight is 749 g/mol. The van der Waals surface area contributed by atoms with Gasteiger partial charge in [0.2, 0.25) is 0 Å². The second-order valence-electron chi connectivity index (χ2n) is 15.8. The van der Waals surface area contributed by atoms with Crippen molar-refractivity contribution in [3.05, 3.63) is 192 Å². The standard InChI is InChI=1S/C54H40N2O2/c1-33-5-15-41(16-6-33)55(42-17-7-34(2)8-18-42)45-23-13-37-29-49-47-25-26-48-50-30-38-14-24-46(56(43-19-9-35(3)10-20-43)44-21-11-36(4)12-22-44)28-40(38)32-52(50)58-54(48)53(47)57-51(49)31-39(37)27-45/h5-32H,1-4H3. The maximum Gasteiger partial charge on any atom is 0.178 e. The van der Waals surface area contributed by atoms with Gasteiger partial charge in [-0.05, 0) is 158 Å². The molecule has 4 heteroatoms. The van der Waals surface area contributed by atoms with Crippen LogP contribution in [0.5, 0.6) is 0 Å². The number of fused-ring (bicyclic) bond motifs is 9. The number of nitrogens with zero attached hydrogens (tertiary/aromatic N) is 2. The van der Waals surface area contributed by atoms with Gasteiger partial charge >= 0.3 is 0 Å². The second kappa shape index (κ2) is 13.1. The molecule has 0 saturated heterocycles. The van der Waals surface area contributed by atoms with E-state index in [9.17, 15) is 0 Å². The van der Waals surface area contributed by atoms with Crippen LogP contribution in [0.1, 0.15) is 22.3 Å². The summed E-state index contributed by atoms with van der Waals surface area (Å²) in [5.41, 5.74) is 14.8. The monoisotopic (exact) mass is 748 g/mol. The Kier molecular flexibility index (Phi) is 7.70. The molecule has 278 valence electrons. The second-order valence-corrected chi connectivity index (χ2v) is 15.8. The first-order valence-electron chi connectivity index (χ1n) is 19.9. The Morgan fingerprint density at radius 2 is 0.586 bits per heavy atom. The smallest absolute Gasteiger partial charge is 0.178 e. The summed E-state index contributed by atoms with van der Waals surface area (Å²) in [6, 6.07) is 61.5. The lowest BCUT2D eigenvalue weighted by Crippen LogP contribution is -2.09. The Hall–Kier alpha value is -7.30. The number of aryl methyl sites for hydroxylation is 4. The molecule has 11 rings (SSSR count). The molecule has 4 nitrogen and oxygen atoms in total. The molecule has 0 aliphatic heterocycles. The Morgan fingerprint density at radius 1 is 0.276 bits per heavy atom. The number of hydrogen-bond donors (Lipinski definition) is 0. The highest BCUT2D eigenvalue weighted by atomic mass is 16.4. The van der Waals surface area contributed by atoms with Gasteiger partial charge in [-0.15, -0.1) is 0 Å². The normalized spacial score (nSPS) is 11.8. The molecule has 2 aromatic heterocycles. The zero-order valence-corrected chi connectivity index (χ0v) is 32.9. The zero-order chi connectivity index (χ0) is 39.1. The Morgan fingerprint density at radius 3 is 0.914 bits per heavy atom. The van der Waals surface area contributed by atoms with E-state index in [-0.39, 0.29) is 0 Å². The van der Waals surface area contributed by atoms with E-state index in [0.29, 0.717) is 0 Å². The van der Waals surface area contributed by atoms with Gasteiger partial charge in [0, 0.05) is 55.7 Å². The minimum atomic E-state index is 0.773.